The zero-order chi connectivity index (χ0) is 13.8. The third kappa shape index (κ3) is 6.30. The summed E-state index contributed by atoms with van der Waals surface area (Å²) in [5.41, 5.74) is -0.142. The van der Waals surface area contributed by atoms with E-state index in [0.717, 1.165) is 19.3 Å². The van der Waals surface area contributed by atoms with Gasteiger partial charge in [0.1, 0.15) is 0 Å². The quantitative estimate of drug-likeness (QED) is 0.261. The molecule has 4 nitrogen and oxygen atoms in total. The van der Waals surface area contributed by atoms with Crippen molar-refractivity contribution in [2.45, 2.75) is 39.5 Å². The Morgan fingerprint density at radius 2 is 2.00 bits per heavy atom. The monoisotopic (exact) mass is 295 g/mol. The number of aliphatic carboxylic acids is 1. The van der Waals surface area contributed by atoms with Gasteiger partial charge in [0, 0.05) is 11.8 Å². The SMILES string of the molecule is CC1(C)C[C@@H]1C(=O)N/C(=C\CCCCCl)C(=O)[O-].[Na+]. The van der Waals surface area contributed by atoms with Crippen molar-refractivity contribution in [1.82, 2.24) is 5.32 Å². The van der Waals surface area contributed by atoms with Crippen LogP contribution < -0.4 is 40.0 Å². The van der Waals surface area contributed by atoms with Crippen molar-refractivity contribution in [2.24, 2.45) is 11.3 Å². The number of allylic oxidation sites excluding steroid dienone is 1. The summed E-state index contributed by atoms with van der Waals surface area (Å²) in [5.74, 6) is -1.11. The van der Waals surface area contributed by atoms with Crippen molar-refractivity contribution in [2.75, 3.05) is 5.88 Å². The van der Waals surface area contributed by atoms with E-state index in [1.807, 2.05) is 13.8 Å². The van der Waals surface area contributed by atoms with Gasteiger partial charge in [0.2, 0.25) is 5.91 Å². The smallest absolute Gasteiger partial charge is 0.543 e. The Morgan fingerprint density at radius 3 is 2.42 bits per heavy atom. The number of amides is 1. The van der Waals surface area contributed by atoms with Crippen LogP contribution in [0.3, 0.4) is 0 Å². The van der Waals surface area contributed by atoms with Crippen molar-refractivity contribution in [1.29, 1.82) is 0 Å². The molecule has 0 saturated heterocycles. The largest absolute Gasteiger partial charge is 1.00 e. The molecule has 1 amide bonds. The summed E-state index contributed by atoms with van der Waals surface area (Å²) < 4.78 is 0. The minimum atomic E-state index is -1.34. The van der Waals surface area contributed by atoms with Gasteiger partial charge in [0.15, 0.2) is 0 Å². The molecule has 0 aromatic rings. The molecule has 0 unspecified atom stereocenters. The molecule has 0 heterocycles. The normalized spacial score (nSPS) is 20.4. The molecule has 1 saturated carbocycles. The van der Waals surface area contributed by atoms with Crippen molar-refractivity contribution in [3.05, 3.63) is 11.8 Å². The number of carboxylic acid groups (broad SMARTS) is 1. The zero-order valence-corrected chi connectivity index (χ0v) is 14.5. The van der Waals surface area contributed by atoms with Crippen LogP contribution in [-0.4, -0.2) is 17.8 Å². The van der Waals surface area contributed by atoms with Gasteiger partial charge in [-0.05, 0) is 31.1 Å². The van der Waals surface area contributed by atoms with E-state index in [4.69, 9.17) is 11.6 Å². The number of hydrogen-bond acceptors (Lipinski definition) is 3. The first-order chi connectivity index (χ1) is 8.38. The van der Waals surface area contributed by atoms with E-state index >= 15 is 0 Å². The molecule has 0 aromatic heterocycles. The number of carboxylic acids is 1. The van der Waals surface area contributed by atoms with Crippen LogP contribution in [0, 0.1) is 11.3 Å². The molecule has 1 N–H and O–H groups in total. The number of carbonyl (C=O) groups is 2. The predicted molar refractivity (Wildman–Crippen MR) is 67.7 cm³/mol. The fraction of sp³-hybridized carbons (Fsp3) is 0.692. The fourth-order valence-electron chi connectivity index (χ4n) is 1.81. The van der Waals surface area contributed by atoms with Crippen LogP contribution in [-0.2, 0) is 9.59 Å². The molecular weight excluding hydrogens is 277 g/mol. The molecule has 0 aliphatic heterocycles. The van der Waals surface area contributed by atoms with Crippen molar-refractivity contribution in [3.63, 3.8) is 0 Å². The maximum Gasteiger partial charge on any atom is 1.00 e. The van der Waals surface area contributed by atoms with Gasteiger partial charge in [-0.1, -0.05) is 19.9 Å². The van der Waals surface area contributed by atoms with Crippen LogP contribution in [0.1, 0.15) is 39.5 Å². The average molecular weight is 296 g/mol. The predicted octanol–water partition coefficient (Wildman–Crippen LogP) is -1.80. The summed E-state index contributed by atoms with van der Waals surface area (Å²) in [4.78, 5) is 22.6. The number of rotatable bonds is 7. The van der Waals surface area contributed by atoms with E-state index in [2.05, 4.69) is 5.32 Å². The van der Waals surface area contributed by atoms with E-state index in [0.29, 0.717) is 12.3 Å². The molecule has 0 aromatic carbocycles. The third-order valence-electron chi connectivity index (χ3n) is 3.24. The van der Waals surface area contributed by atoms with Gasteiger partial charge in [0.05, 0.1) is 11.7 Å². The van der Waals surface area contributed by atoms with E-state index in [1.165, 1.54) is 6.08 Å². The van der Waals surface area contributed by atoms with E-state index in [1.54, 1.807) is 0 Å². The van der Waals surface area contributed by atoms with Crippen LogP contribution in [0.25, 0.3) is 0 Å². The van der Waals surface area contributed by atoms with Crippen LogP contribution >= 0.6 is 11.6 Å². The van der Waals surface area contributed by atoms with Gasteiger partial charge in [-0.25, -0.2) is 0 Å². The molecule has 1 aliphatic rings. The number of nitrogens with one attached hydrogen (secondary N) is 1. The summed E-state index contributed by atoms with van der Waals surface area (Å²) in [6.45, 7) is 3.97. The Bertz CT molecular complexity index is 369. The molecule has 1 fully saturated rings. The van der Waals surface area contributed by atoms with Gasteiger partial charge in [-0.15, -0.1) is 11.6 Å². The van der Waals surface area contributed by atoms with Crippen LogP contribution in [0.5, 0.6) is 0 Å². The van der Waals surface area contributed by atoms with Crippen LogP contribution in [0.15, 0.2) is 11.8 Å². The summed E-state index contributed by atoms with van der Waals surface area (Å²) in [6, 6.07) is 0. The van der Waals surface area contributed by atoms with Crippen molar-refractivity contribution >= 4 is 23.5 Å². The van der Waals surface area contributed by atoms with Crippen LogP contribution in [0.2, 0.25) is 0 Å². The number of hydrogen-bond donors (Lipinski definition) is 1. The summed E-state index contributed by atoms with van der Waals surface area (Å²) >= 11 is 5.53. The minimum Gasteiger partial charge on any atom is -0.543 e. The molecule has 0 spiro atoms. The second-order valence-electron chi connectivity index (χ2n) is 5.32. The first-order valence-electron chi connectivity index (χ1n) is 6.17. The average Bonchev–Trinajstić information content (AvgIpc) is 2.92. The molecular formula is C13H19ClNNaO3. The maximum atomic E-state index is 11.8. The van der Waals surface area contributed by atoms with Gasteiger partial charge < -0.3 is 15.2 Å². The number of halogens is 1. The zero-order valence-electron chi connectivity index (χ0n) is 11.8. The molecule has 6 heteroatoms. The van der Waals surface area contributed by atoms with Crippen LogP contribution in [0.4, 0.5) is 0 Å². The molecule has 102 valence electrons. The summed E-state index contributed by atoms with van der Waals surface area (Å²) in [7, 11) is 0. The molecule has 1 atom stereocenters. The maximum absolute atomic E-state index is 11.8. The van der Waals surface area contributed by atoms with E-state index in [-0.39, 0.29) is 52.5 Å². The summed E-state index contributed by atoms with van der Waals surface area (Å²) in [6.07, 6.45) is 4.48. The van der Waals surface area contributed by atoms with Crippen molar-refractivity contribution in [3.8, 4) is 0 Å². The van der Waals surface area contributed by atoms with Crippen molar-refractivity contribution < 1.29 is 44.3 Å². The Morgan fingerprint density at radius 1 is 1.42 bits per heavy atom. The van der Waals surface area contributed by atoms with Gasteiger partial charge in [0.25, 0.3) is 0 Å². The number of unbranched alkanes of at least 4 members (excludes halogenated alkanes) is 2. The second kappa shape index (κ2) is 8.30. The van der Waals surface area contributed by atoms with E-state index < -0.39 is 5.97 Å². The van der Waals surface area contributed by atoms with Gasteiger partial charge in [-0.2, -0.15) is 0 Å². The second-order valence-corrected chi connectivity index (χ2v) is 5.70. The van der Waals surface area contributed by atoms with Gasteiger partial charge >= 0.3 is 29.6 Å². The summed E-state index contributed by atoms with van der Waals surface area (Å²) in [5, 5.41) is 13.3. The van der Waals surface area contributed by atoms with Gasteiger partial charge in [-0.3, -0.25) is 4.79 Å². The Labute approximate surface area is 141 Å². The molecule has 19 heavy (non-hydrogen) atoms. The first-order valence-corrected chi connectivity index (χ1v) is 6.70. The number of alkyl halides is 1. The Hall–Kier alpha value is -0.0300. The molecule has 0 radical (unpaired) electrons. The number of carbonyl (C=O) groups excluding carboxylic acids is 2. The molecule has 0 bridgehead atoms. The third-order valence-corrected chi connectivity index (χ3v) is 3.51. The Balaban J connectivity index is 0.00000324. The first kappa shape index (κ1) is 19.0. The van der Waals surface area contributed by atoms with E-state index in [9.17, 15) is 14.7 Å². The fourth-order valence-corrected chi connectivity index (χ4v) is 1.99. The Kier molecular flexibility index (Phi) is 8.29. The minimum absolute atomic E-state index is 0. The standard InChI is InChI=1S/C13H20ClNO3.Na/c1-13(2)8-9(13)11(16)15-10(12(17)18)6-4-3-5-7-14;/h6,9H,3-5,7-8H2,1-2H3,(H,15,16)(H,17,18);/q;+1/p-1/b10-6-;/t9-;/m1./s1. The molecule has 1 aliphatic carbocycles. The molecule has 1 rings (SSSR count). The topological polar surface area (TPSA) is 69.2 Å².